The first-order valence-electron chi connectivity index (χ1n) is 20.3. The topological polar surface area (TPSA) is 190 Å². The standard InChI is InChI=1S/C48H37N9O7/c1-28-3-14-43-56(28)41-21-33(8-11-37(41)47(60)63-43)45(59)54-52-26-35-20-32(10-13-40(35)55-15-17-62-18-16-55)39-19-29(2)57-42-22-34(9-12-38(42)48(61)64-46(39)57)44(58)53-51-23-30-4-6-31(7-5-30)36-24-49-27-50-25-36/h3-14,19-27H,15-18H2,1-2H3,(H,53,58)(H,54,59)/b51-23+,52-26+. The second kappa shape index (κ2) is 16.4. The van der Waals surface area contributed by atoms with Gasteiger partial charge in [-0.25, -0.2) is 30.4 Å². The van der Waals surface area contributed by atoms with E-state index in [0.29, 0.717) is 81.8 Å². The van der Waals surface area contributed by atoms with Crippen LogP contribution >= 0.6 is 0 Å². The SMILES string of the molecule is Cc1ccc2oc(=O)c3ccc(C(=O)N/N=C/c4cc(-c5cc(C)n6c5oc(=O)c5ccc(C(=O)N/N=C/c7ccc(-c8cncnc8)cc7)cc56)ccc4N4CCOCC4)cc3n12. The molecule has 10 rings (SSSR count). The van der Waals surface area contributed by atoms with Crippen LogP contribution in [-0.4, -0.2) is 69.3 Å². The van der Waals surface area contributed by atoms with Crippen molar-refractivity contribution in [2.45, 2.75) is 13.8 Å². The first kappa shape index (κ1) is 39.6. The highest BCUT2D eigenvalue weighted by Gasteiger charge is 2.21. The van der Waals surface area contributed by atoms with E-state index < -0.39 is 23.1 Å². The summed E-state index contributed by atoms with van der Waals surface area (Å²) in [6.07, 6.45) is 8.07. The molecule has 9 aromatic rings. The molecule has 16 heteroatoms. The predicted octanol–water partition coefficient (Wildman–Crippen LogP) is 6.51. The van der Waals surface area contributed by atoms with Gasteiger partial charge in [0.15, 0.2) is 0 Å². The van der Waals surface area contributed by atoms with Gasteiger partial charge in [0.25, 0.3) is 11.8 Å². The zero-order chi connectivity index (χ0) is 43.9. The van der Waals surface area contributed by atoms with Crippen LogP contribution in [0.5, 0.6) is 0 Å². The van der Waals surface area contributed by atoms with Gasteiger partial charge in [0.1, 0.15) is 6.33 Å². The highest BCUT2D eigenvalue weighted by molar-refractivity contribution is 6.00. The number of fused-ring (bicyclic) bond motifs is 6. The maximum Gasteiger partial charge on any atom is 0.346 e. The van der Waals surface area contributed by atoms with Crippen molar-refractivity contribution in [1.29, 1.82) is 0 Å². The number of morpholine rings is 1. The van der Waals surface area contributed by atoms with E-state index in [0.717, 1.165) is 39.3 Å². The quantitative estimate of drug-likeness (QED) is 0.120. The van der Waals surface area contributed by atoms with Gasteiger partial charge in [-0.2, -0.15) is 10.2 Å². The average Bonchev–Trinajstić information content (AvgIpc) is 3.87. The molecular formula is C48H37N9O7. The smallest absolute Gasteiger partial charge is 0.346 e. The summed E-state index contributed by atoms with van der Waals surface area (Å²) < 4.78 is 20.6. The fourth-order valence-electron chi connectivity index (χ4n) is 8.06. The third kappa shape index (κ3) is 7.36. The first-order valence-corrected chi connectivity index (χ1v) is 20.3. The van der Waals surface area contributed by atoms with E-state index in [1.165, 1.54) is 6.33 Å². The molecule has 16 nitrogen and oxygen atoms in total. The average molecular weight is 852 g/mol. The van der Waals surface area contributed by atoms with Crippen LogP contribution in [0.15, 0.2) is 144 Å². The van der Waals surface area contributed by atoms with Gasteiger partial charge in [-0.15, -0.1) is 0 Å². The number of aryl methyl sites for hydroxylation is 2. The van der Waals surface area contributed by atoms with E-state index in [1.54, 1.807) is 71.7 Å². The summed E-state index contributed by atoms with van der Waals surface area (Å²) >= 11 is 0. The van der Waals surface area contributed by atoms with Crippen LogP contribution in [-0.2, 0) is 4.74 Å². The van der Waals surface area contributed by atoms with Crippen LogP contribution in [0.2, 0.25) is 0 Å². The Kier molecular flexibility index (Phi) is 10.2. The van der Waals surface area contributed by atoms with Gasteiger partial charge in [0.2, 0.25) is 11.4 Å². The van der Waals surface area contributed by atoms with E-state index in [9.17, 15) is 19.2 Å². The Morgan fingerprint density at radius 2 is 1.30 bits per heavy atom. The zero-order valence-electron chi connectivity index (χ0n) is 34.4. The van der Waals surface area contributed by atoms with Gasteiger partial charge in [-0.05, 0) is 91.2 Å². The molecule has 0 unspecified atom stereocenters. The molecule has 0 spiro atoms. The number of amides is 2. The third-order valence-electron chi connectivity index (χ3n) is 11.3. The van der Waals surface area contributed by atoms with Gasteiger partial charge in [-0.1, -0.05) is 30.3 Å². The molecule has 0 aliphatic carbocycles. The van der Waals surface area contributed by atoms with Crippen LogP contribution in [0.3, 0.4) is 0 Å². The lowest BCUT2D eigenvalue weighted by Gasteiger charge is -2.30. The number of carbonyl (C=O) groups is 2. The van der Waals surface area contributed by atoms with Crippen molar-refractivity contribution in [2.75, 3.05) is 31.2 Å². The number of nitrogens with zero attached hydrogens (tertiary/aromatic N) is 7. The van der Waals surface area contributed by atoms with Crippen LogP contribution < -0.4 is 27.0 Å². The molecule has 0 atom stereocenters. The Morgan fingerprint density at radius 3 is 2.00 bits per heavy atom. The summed E-state index contributed by atoms with van der Waals surface area (Å²) in [6, 6.07) is 28.4. The lowest BCUT2D eigenvalue weighted by atomic mass is 10.0. The number of carbonyl (C=O) groups excluding carboxylic acids is 2. The summed E-state index contributed by atoms with van der Waals surface area (Å²) in [4.78, 5) is 63.3. The highest BCUT2D eigenvalue weighted by atomic mass is 16.5. The summed E-state index contributed by atoms with van der Waals surface area (Å²) in [5, 5.41) is 9.19. The van der Waals surface area contributed by atoms with E-state index in [-0.39, 0.29) is 0 Å². The summed E-state index contributed by atoms with van der Waals surface area (Å²) in [6.45, 7) is 6.19. The monoisotopic (exact) mass is 851 g/mol. The first-order chi connectivity index (χ1) is 31.2. The van der Waals surface area contributed by atoms with Gasteiger partial charge in [-0.3, -0.25) is 18.4 Å². The molecule has 1 saturated heterocycles. The van der Waals surface area contributed by atoms with Crippen molar-refractivity contribution in [3.05, 3.63) is 170 Å². The minimum Gasteiger partial charge on any atom is -0.405 e. The third-order valence-corrected chi connectivity index (χ3v) is 11.3. The second-order valence-corrected chi connectivity index (χ2v) is 15.3. The molecule has 2 N–H and O–H groups in total. The Morgan fingerprint density at radius 1 is 0.656 bits per heavy atom. The minimum atomic E-state index is -0.561. The number of benzene rings is 4. The Balaban J connectivity index is 0.937. The van der Waals surface area contributed by atoms with Gasteiger partial charge in [0, 0.05) is 76.4 Å². The zero-order valence-corrected chi connectivity index (χ0v) is 34.4. The Hall–Kier alpha value is -8.50. The fraction of sp³-hybridized carbons (Fsp3) is 0.125. The van der Waals surface area contributed by atoms with Gasteiger partial charge in [0.05, 0.1) is 47.4 Å². The summed E-state index contributed by atoms with van der Waals surface area (Å²) in [7, 11) is 0. The molecule has 0 bridgehead atoms. The highest BCUT2D eigenvalue weighted by Crippen LogP contribution is 2.33. The summed E-state index contributed by atoms with van der Waals surface area (Å²) in [5.41, 5.74) is 13.7. The van der Waals surface area contributed by atoms with Crippen molar-refractivity contribution in [3.63, 3.8) is 0 Å². The minimum absolute atomic E-state index is 0.295. The maximum atomic E-state index is 13.5. The second-order valence-electron chi connectivity index (χ2n) is 15.3. The van der Waals surface area contributed by atoms with Crippen LogP contribution in [0.25, 0.3) is 55.5 Å². The molecule has 1 aliphatic heterocycles. The van der Waals surface area contributed by atoms with Crippen molar-refractivity contribution >= 4 is 63.2 Å². The number of hydrogen-bond donors (Lipinski definition) is 2. The summed E-state index contributed by atoms with van der Waals surface area (Å²) in [5.74, 6) is -0.931. The Bertz CT molecular complexity index is 3490. The molecule has 5 aromatic heterocycles. The maximum absolute atomic E-state index is 13.5. The number of hydrazone groups is 2. The molecular weight excluding hydrogens is 815 g/mol. The van der Waals surface area contributed by atoms with E-state index in [1.807, 2.05) is 72.8 Å². The number of ether oxygens (including phenoxy) is 1. The lowest BCUT2D eigenvalue weighted by molar-refractivity contribution is 0.0947. The molecule has 2 amide bonds. The van der Waals surface area contributed by atoms with Crippen LogP contribution in [0.4, 0.5) is 5.69 Å². The normalized spacial score (nSPS) is 13.2. The molecule has 6 heterocycles. The molecule has 0 radical (unpaired) electrons. The number of anilines is 1. The van der Waals surface area contributed by atoms with E-state index in [4.69, 9.17) is 13.6 Å². The van der Waals surface area contributed by atoms with E-state index in [2.05, 4.69) is 35.9 Å². The molecule has 1 fully saturated rings. The van der Waals surface area contributed by atoms with E-state index >= 15 is 0 Å². The van der Waals surface area contributed by atoms with Crippen molar-refractivity contribution in [3.8, 4) is 22.3 Å². The number of aromatic nitrogens is 4. The largest absolute Gasteiger partial charge is 0.405 e. The lowest BCUT2D eigenvalue weighted by Crippen LogP contribution is -2.36. The number of rotatable bonds is 9. The van der Waals surface area contributed by atoms with Crippen molar-refractivity contribution in [2.24, 2.45) is 10.2 Å². The van der Waals surface area contributed by atoms with Gasteiger partial charge < -0.3 is 18.5 Å². The van der Waals surface area contributed by atoms with Crippen LogP contribution in [0.1, 0.15) is 43.2 Å². The molecule has 316 valence electrons. The van der Waals surface area contributed by atoms with Crippen molar-refractivity contribution < 1.29 is 23.2 Å². The van der Waals surface area contributed by atoms with Gasteiger partial charge >= 0.3 is 11.3 Å². The predicted molar refractivity (Wildman–Crippen MR) is 242 cm³/mol. The van der Waals surface area contributed by atoms with Crippen LogP contribution in [0, 0.1) is 13.8 Å². The number of nitrogens with one attached hydrogen (secondary N) is 2. The number of hydrogen-bond acceptors (Lipinski definition) is 12. The molecule has 0 saturated carbocycles. The molecule has 1 aliphatic rings. The Labute approximate surface area is 362 Å². The van der Waals surface area contributed by atoms with Crippen molar-refractivity contribution in [1.82, 2.24) is 29.6 Å². The molecule has 64 heavy (non-hydrogen) atoms. The molecule has 4 aromatic carbocycles. The fourth-order valence-corrected chi connectivity index (χ4v) is 8.06.